The van der Waals surface area contributed by atoms with E-state index in [0.29, 0.717) is 18.8 Å². The van der Waals surface area contributed by atoms with Crippen LogP contribution in [0.3, 0.4) is 0 Å². The zero-order valence-corrected chi connectivity index (χ0v) is 19.7. The normalized spacial score (nSPS) is 14.5. The molecule has 1 N–H and O–H groups in total. The van der Waals surface area contributed by atoms with Crippen molar-refractivity contribution in [1.82, 2.24) is 15.1 Å². The van der Waals surface area contributed by atoms with Crippen LogP contribution in [-0.2, 0) is 6.42 Å². The molecule has 158 valence electrons. The largest absolute Gasteiger partial charge is 0.459 e. The number of nitrogens with one attached hydrogen (secondary N) is 1. The van der Waals surface area contributed by atoms with Crippen LogP contribution < -0.4 is 5.32 Å². The van der Waals surface area contributed by atoms with Gasteiger partial charge < -0.3 is 19.5 Å². The second-order valence-corrected chi connectivity index (χ2v) is 7.09. The highest BCUT2D eigenvalue weighted by molar-refractivity contribution is 14.0. The van der Waals surface area contributed by atoms with Gasteiger partial charge in [-0.15, -0.1) is 24.0 Å². The highest BCUT2D eigenvalue weighted by atomic mass is 127. The van der Waals surface area contributed by atoms with Gasteiger partial charge in [0.25, 0.3) is 5.91 Å². The SMILES string of the molecule is CCNC(=NCCCc1ccccc1Cl)N1CCN(C(=O)c2ccco2)CC1.I. The number of hydrogen-bond acceptors (Lipinski definition) is 3. The van der Waals surface area contributed by atoms with Gasteiger partial charge in [-0.05, 0) is 43.5 Å². The predicted molar refractivity (Wildman–Crippen MR) is 127 cm³/mol. The van der Waals surface area contributed by atoms with Crippen LogP contribution in [-0.4, -0.2) is 60.9 Å². The number of furan rings is 1. The molecule has 1 aliphatic heterocycles. The summed E-state index contributed by atoms with van der Waals surface area (Å²) < 4.78 is 5.22. The van der Waals surface area contributed by atoms with E-state index in [1.807, 2.05) is 23.1 Å². The van der Waals surface area contributed by atoms with E-state index in [1.165, 1.54) is 6.26 Å². The second-order valence-electron chi connectivity index (χ2n) is 6.69. The first kappa shape index (κ1) is 23.5. The molecule has 2 heterocycles. The van der Waals surface area contributed by atoms with Crippen molar-refractivity contribution in [2.45, 2.75) is 19.8 Å². The van der Waals surface area contributed by atoms with Crippen LogP contribution in [0.25, 0.3) is 0 Å². The molecular weight excluding hydrogens is 503 g/mol. The number of benzene rings is 1. The van der Waals surface area contributed by atoms with Crippen molar-refractivity contribution in [3.05, 3.63) is 59.0 Å². The number of guanidine groups is 1. The lowest BCUT2D eigenvalue weighted by Gasteiger charge is -2.36. The maximum absolute atomic E-state index is 12.4. The summed E-state index contributed by atoms with van der Waals surface area (Å²) in [5, 5.41) is 4.18. The van der Waals surface area contributed by atoms with E-state index in [-0.39, 0.29) is 29.9 Å². The molecule has 1 saturated heterocycles. The maximum Gasteiger partial charge on any atom is 0.289 e. The lowest BCUT2D eigenvalue weighted by atomic mass is 10.1. The summed E-state index contributed by atoms with van der Waals surface area (Å²) >= 11 is 6.22. The van der Waals surface area contributed by atoms with Crippen LogP contribution in [0.15, 0.2) is 52.1 Å². The number of carbonyl (C=O) groups is 1. The third kappa shape index (κ3) is 6.64. The Balaban J connectivity index is 0.00000300. The predicted octanol–water partition coefficient (Wildman–Crippen LogP) is 3.91. The summed E-state index contributed by atoms with van der Waals surface area (Å²) in [4.78, 5) is 21.2. The fraction of sp³-hybridized carbons (Fsp3) is 0.429. The van der Waals surface area contributed by atoms with Crippen molar-refractivity contribution in [2.24, 2.45) is 4.99 Å². The third-order valence-electron chi connectivity index (χ3n) is 4.76. The van der Waals surface area contributed by atoms with Crippen LogP contribution >= 0.6 is 35.6 Å². The number of halogens is 2. The van der Waals surface area contributed by atoms with Gasteiger partial charge in [-0.1, -0.05) is 29.8 Å². The van der Waals surface area contributed by atoms with Crippen LogP contribution in [0.4, 0.5) is 0 Å². The van der Waals surface area contributed by atoms with E-state index in [4.69, 9.17) is 21.0 Å². The van der Waals surface area contributed by atoms with E-state index >= 15 is 0 Å². The Labute approximate surface area is 194 Å². The third-order valence-corrected chi connectivity index (χ3v) is 5.13. The topological polar surface area (TPSA) is 61.1 Å². The maximum atomic E-state index is 12.4. The molecule has 1 fully saturated rings. The van der Waals surface area contributed by atoms with Gasteiger partial charge >= 0.3 is 0 Å². The number of amides is 1. The summed E-state index contributed by atoms with van der Waals surface area (Å²) in [6.07, 6.45) is 3.38. The minimum Gasteiger partial charge on any atom is -0.459 e. The van der Waals surface area contributed by atoms with Gasteiger partial charge in [0, 0.05) is 44.3 Å². The van der Waals surface area contributed by atoms with Crippen molar-refractivity contribution in [3.8, 4) is 0 Å². The van der Waals surface area contributed by atoms with Crippen LogP contribution in [0.1, 0.15) is 29.5 Å². The number of aryl methyl sites for hydroxylation is 1. The Morgan fingerprint density at radius 1 is 1.14 bits per heavy atom. The quantitative estimate of drug-likeness (QED) is 0.266. The molecule has 1 aromatic carbocycles. The first-order valence-corrected chi connectivity index (χ1v) is 10.2. The van der Waals surface area contributed by atoms with E-state index in [0.717, 1.165) is 55.6 Å². The summed E-state index contributed by atoms with van der Waals surface area (Å²) in [6, 6.07) is 11.4. The van der Waals surface area contributed by atoms with E-state index in [1.54, 1.807) is 12.1 Å². The van der Waals surface area contributed by atoms with Gasteiger partial charge in [0.2, 0.25) is 0 Å². The van der Waals surface area contributed by atoms with E-state index in [2.05, 4.69) is 23.2 Å². The van der Waals surface area contributed by atoms with Gasteiger partial charge in [-0.2, -0.15) is 0 Å². The molecule has 0 radical (unpaired) electrons. The number of hydrogen-bond donors (Lipinski definition) is 1. The monoisotopic (exact) mass is 530 g/mol. The fourth-order valence-corrected chi connectivity index (χ4v) is 3.49. The van der Waals surface area contributed by atoms with Crippen molar-refractivity contribution >= 4 is 47.4 Å². The summed E-state index contributed by atoms with van der Waals surface area (Å²) in [5.74, 6) is 1.26. The Hall–Kier alpha value is -1.74. The van der Waals surface area contributed by atoms with Crippen LogP contribution in [0, 0.1) is 0 Å². The number of aliphatic imine (C=N–C) groups is 1. The van der Waals surface area contributed by atoms with Crippen molar-refractivity contribution in [2.75, 3.05) is 39.3 Å². The molecule has 1 amide bonds. The number of nitrogens with zero attached hydrogens (tertiary/aromatic N) is 3. The number of piperazine rings is 1. The highest BCUT2D eigenvalue weighted by Crippen LogP contribution is 2.16. The summed E-state index contributed by atoms with van der Waals surface area (Å²) in [7, 11) is 0. The molecule has 0 spiro atoms. The lowest BCUT2D eigenvalue weighted by Crippen LogP contribution is -2.53. The summed E-state index contributed by atoms with van der Waals surface area (Å²) in [6.45, 7) is 6.43. The molecule has 0 atom stereocenters. The smallest absolute Gasteiger partial charge is 0.289 e. The van der Waals surface area contributed by atoms with Gasteiger partial charge in [0.1, 0.15) is 0 Å². The van der Waals surface area contributed by atoms with Crippen molar-refractivity contribution < 1.29 is 9.21 Å². The molecule has 0 unspecified atom stereocenters. The average molecular weight is 531 g/mol. The van der Waals surface area contributed by atoms with Crippen LogP contribution in [0.5, 0.6) is 0 Å². The van der Waals surface area contributed by atoms with Gasteiger partial charge in [0.15, 0.2) is 11.7 Å². The molecule has 1 aliphatic rings. The standard InChI is InChI=1S/C21H27ClN4O2.HI/c1-2-23-21(24-11-5-8-17-7-3-4-9-18(17)22)26-14-12-25(13-15-26)20(27)19-10-6-16-28-19;/h3-4,6-7,9-10,16H,2,5,8,11-15H2,1H3,(H,23,24);1H. The average Bonchev–Trinajstić information content (AvgIpc) is 3.26. The first-order valence-electron chi connectivity index (χ1n) is 9.78. The molecule has 3 rings (SSSR count). The first-order chi connectivity index (χ1) is 13.7. The van der Waals surface area contributed by atoms with E-state index in [9.17, 15) is 4.79 Å². The molecule has 29 heavy (non-hydrogen) atoms. The van der Waals surface area contributed by atoms with E-state index < -0.39 is 0 Å². The Morgan fingerprint density at radius 2 is 1.86 bits per heavy atom. The summed E-state index contributed by atoms with van der Waals surface area (Å²) in [5.41, 5.74) is 1.16. The number of carbonyl (C=O) groups excluding carboxylic acids is 1. The molecule has 0 bridgehead atoms. The minimum absolute atomic E-state index is 0. The molecule has 6 nitrogen and oxygen atoms in total. The van der Waals surface area contributed by atoms with Crippen molar-refractivity contribution in [1.29, 1.82) is 0 Å². The minimum atomic E-state index is -0.0497. The van der Waals surface area contributed by atoms with Crippen LogP contribution in [0.2, 0.25) is 5.02 Å². The van der Waals surface area contributed by atoms with Gasteiger partial charge in [0.05, 0.1) is 6.26 Å². The van der Waals surface area contributed by atoms with Gasteiger partial charge in [-0.25, -0.2) is 0 Å². The Bertz CT molecular complexity index is 790. The molecule has 0 aliphatic carbocycles. The fourth-order valence-electron chi connectivity index (χ4n) is 3.26. The Morgan fingerprint density at radius 3 is 2.52 bits per heavy atom. The second kappa shape index (κ2) is 12.1. The zero-order chi connectivity index (χ0) is 19.8. The zero-order valence-electron chi connectivity index (χ0n) is 16.6. The molecule has 2 aromatic rings. The molecule has 1 aromatic heterocycles. The molecule has 0 saturated carbocycles. The van der Waals surface area contributed by atoms with Crippen molar-refractivity contribution in [3.63, 3.8) is 0 Å². The lowest BCUT2D eigenvalue weighted by molar-refractivity contribution is 0.0657. The highest BCUT2D eigenvalue weighted by Gasteiger charge is 2.25. The Kier molecular flexibility index (Phi) is 9.80. The number of rotatable bonds is 6. The van der Waals surface area contributed by atoms with Gasteiger partial charge in [-0.3, -0.25) is 9.79 Å². The molecule has 8 heteroatoms. The molecular formula is C21H28ClIN4O2.